The van der Waals surface area contributed by atoms with Crippen molar-refractivity contribution in [3.63, 3.8) is 0 Å². The third-order valence-electron chi connectivity index (χ3n) is 4.13. The number of ether oxygens (including phenoxy) is 1. The van der Waals surface area contributed by atoms with Crippen molar-refractivity contribution in [2.75, 3.05) is 51.6 Å². The van der Waals surface area contributed by atoms with Gasteiger partial charge in [0.15, 0.2) is 18.2 Å². The number of nitrogens with one attached hydrogen (secondary N) is 1. The van der Waals surface area contributed by atoms with Crippen molar-refractivity contribution < 1.29 is 22.3 Å². The molecule has 0 aliphatic carbocycles. The summed E-state index contributed by atoms with van der Waals surface area (Å²) >= 11 is 0. The Hall–Kier alpha value is -1.71. The zero-order chi connectivity index (χ0) is 19.0. The highest BCUT2D eigenvalue weighted by atomic mass is 32.2. The lowest BCUT2D eigenvalue weighted by molar-refractivity contribution is -0.123. The monoisotopic (exact) mass is 387 g/mol. The number of rotatable bonds is 9. The van der Waals surface area contributed by atoms with Crippen LogP contribution in [0.25, 0.3) is 0 Å². The van der Waals surface area contributed by atoms with Crippen LogP contribution < -0.4 is 10.1 Å². The van der Waals surface area contributed by atoms with E-state index >= 15 is 0 Å². The fraction of sp³-hybridized carbons (Fsp3) is 0.588. The fourth-order valence-corrected chi connectivity index (χ4v) is 4.22. The van der Waals surface area contributed by atoms with Gasteiger partial charge in [-0.3, -0.25) is 9.69 Å². The molecule has 7 nitrogen and oxygen atoms in total. The number of carbonyl (C=O) groups is 1. The Labute approximate surface area is 154 Å². The van der Waals surface area contributed by atoms with Crippen molar-refractivity contribution in [3.05, 3.63) is 30.1 Å². The molecule has 0 atom stereocenters. The Morgan fingerprint density at radius 2 is 1.92 bits per heavy atom. The molecule has 1 aliphatic heterocycles. The normalized spacial score (nSPS) is 16.4. The smallest absolute Gasteiger partial charge is 0.257 e. The van der Waals surface area contributed by atoms with Gasteiger partial charge >= 0.3 is 0 Å². The first kappa shape index (κ1) is 20.6. The van der Waals surface area contributed by atoms with E-state index in [9.17, 15) is 17.6 Å². The van der Waals surface area contributed by atoms with Gasteiger partial charge in [-0.25, -0.2) is 12.8 Å². The Bertz CT molecular complexity index is 691. The predicted molar refractivity (Wildman–Crippen MR) is 97.0 cm³/mol. The summed E-state index contributed by atoms with van der Waals surface area (Å²) in [7, 11) is -3.14. The molecule has 0 aromatic heterocycles. The molecule has 1 N–H and O–H groups in total. The van der Waals surface area contributed by atoms with Crippen molar-refractivity contribution in [2.45, 2.75) is 13.3 Å². The molecule has 1 amide bonds. The van der Waals surface area contributed by atoms with Gasteiger partial charge in [-0.1, -0.05) is 19.1 Å². The van der Waals surface area contributed by atoms with Crippen molar-refractivity contribution in [1.82, 2.24) is 14.5 Å². The summed E-state index contributed by atoms with van der Waals surface area (Å²) in [5.41, 5.74) is 0. The number of sulfonamides is 1. The minimum absolute atomic E-state index is 0.0482. The number of piperazine rings is 1. The van der Waals surface area contributed by atoms with Crippen molar-refractivity contribution >= 4 is 15.9 Å². The van der Waals surface area contributed by atoms with Gasteiger partial charge in [0.05, 0.1) is 5.75 Å². The molecule has 0 spiro atoms. The van der Waals surface area contributed by atoms with Crippen molar-refractivity contribution in [2.24, 2.45) is 0 Å². The number of carbonyl (C=O) groups excluding carboxylic acids is 1. The fourth-order valence-electron chi connectivity index (χ4n) is 2.73. The second-order valence-corrected chi connectivity index (χ2v) is 8.21. The first-order chi connectivity index (χ1) is 12.4. The second-order valence-electron chi connectivity index (χ2n) is 6.13. The lowest BCUT2D eigenvalue weighted by Crippen LogP contribution is -2.50. The van der Waals surface area contributed by atoms with Gasteiger partial charge in [0.1, 0.15) is 0 Å². The second kappa shape index (κ2) is 9.84. The summed E-state index contributed by atoms with van der Waals surface area (Å²) in [6.07, 6.45) is 0.615. The summed E-state index contributed by atoms with van der Waals surface area (Å²) in [5, 5.41) is 2.72. The maximum atomic E-state index is 13.4. The van der Waals surface area contributed by atoms with Crippen LogP contribution in [0.15, 0.2) is 24.3 Å². The van der Waals surface area contributed by atoms with Crippen LogP contribution in [-0.4, -0.2) is 75.2 Å². The number of halogens is 1. The number of hydrogen-bond donors (Lipinski definition) is 1. The molecule has 1 heterocycles. The lowest BCUT2D eigenvalue weighted by atomic mass is 10.3. The highest BCUT2D eigenvalue weighted by molar-refractivity contribution is 7.89. The average molecular weight is 387 g/mol. The van der Waals surface area contributed by atoms with Crippen LogP contribution in [0.4, 0.5) is 4.39 Å². The van der Waals surface area contributed by atoms with E-state index in [1.807, 2.05) is 6.92 Å². The van der Waals surface area contributed by atoms with E-state index in [1.54, 1.807) is 12.1 Å². The minimum Gasteiger partial charge on any atom is -0.481 e. The molecule has 1 aromatic carbocycles. The number of hydrogen-bond acceptors (Lipinski definition) is 5. The molecule has 0 saturated carbocycles. The number of para-hydroxylation sites is 1. The quantitative estimate of drug-likeness (QED) is 0.674. The van der Waals surface area contributed by atoms with E-state index in [0.29, 0.717) is 45.7 Å². The summed E-state index contributed by atoms with van der Waals surface area (Å²) in [6.45, 7) is 4.92. The van der Waals surface area contributed by atoms with E-state index in [0.717, 1.165) is 0 Å². The van der Waals surface area contributed by atoms with E-state index in [1.165, 1.54) is 16.4 Å². The van der Waals surface area contributed by atoms with Crippen molar-refractivity contribution in [1.29, 1.82) is 0 Å². The largest absolute Gasteiger partial charge is 0.481 e. The first-order valence-electron chi connectivity index (χ1n) is 8.76. The highest BCUT2D eigenvalue weighted by Crippen LogP contribution is 2.14. The van der Waals surface area contributed by atoms with Crippen LogP contribution in [-0.2, 0) is 14.8 Å². The van der Waals surface area contributed by atoms with Gasteiger partial charge < -0.3 is 10.1 Å². The van der Waals surface area contributed by atoms with Crippen LogP contribution in [0.5, 0.6) is 5.75 Å². The van der Waals surface area contributed by atoms with E-state index in [4.69, 9.17) is 4.74 Å². The van der Waals surface area contributed by atoms with Crippen LogP contribution in [0.2, 0.25) is 0 Å². The Balaban J connectivity index is 1.63. The molecule has 1 saturated heterocycles. The molecule has 1 aliphatic rings. The number of amides is 1. The van der Waals surface area contributed by atoms with Crippen molar-refractivity contribution in [3.8, 4) is 5.75 Å². The number of benzene rings is 1. The number of nitrogens with zero attached hydrogens (tertiary/aromatic N) is 2. The van der Waals surface area contributed by atoms with Crippen LogP contribution in [0, 0.1) is 5.82 Å². The zero-order valence-electron chi connectivity index (χ0n) is 15.0. The lowest BCUT2D eigenvalue weighted by Gasteiger charge is -2.33. The summed E-state index contributed by atoms with van der Waals surface area (Å²) in [4.78, 5) is 13.9. The van der Waals surface area contributed by atoms with Gasteiger partial charge in [0, 0.05) is 39.3 Å². The van der Waals surface area contributed by atoms with E-state index in [-0.39, 0.29) is 24.0 Å². The summed E-state index contributed by atoms with van der Waals surface area (Å²) in [6, 6.07) is 5.93. The highest BCUT2D eigenvalue weighted by Gasteiger charge is 2.25. The summed E-state index contributed by atoms with van der Waals surface area (Å²) < 4.78 is 44.1. The van der Waals surface area contributed by atoms with Gasteiger partial charge in [-0.15, -0.1) is 0 Å². The third-order valence-corrected chi connectivity index (χ3v) is 6.21. The topological polar surface area (TPSA) is 79.0 Å². The average Bonchev–Trinajstić information content (AvgIpc) is 2.61. The van der Waals surface area contributed by atoms with Crippen LogP contribution in [0.1, 0.15) is 13.3 Å². The third kappa shape index (κ3) is 6.22. The molecule has 26 heavy (non-hydrogen) atoms. The van der Waals surface area contributed by atoms with Crippen LogP contribution >= 0.6 is 0 Å². The van der Waals surface area contributed by atoms with Gasteiger partial charge in [-0.2, -0.15) is 4.31 Å². The SMILES string of the molecule is CCCS(=O)(=O)N1CCN(CCNC(=O)COc2ccccc2F)CC1. The molecular formula is C17H26FN3O4S. The first-order valence-corrected chi connectivity index (χ1v) is 10.4. The molecule has 9 heteroatoms. The maximum Gasteiger partial charge on any atom is 0.257 e. The maximum absolute atomic E-state index is 13.4. The molecule has 0 unspecified atom stereocenters. The molecule has 0 bridgehead atoms. The minimum atomic E-state index is -3.14. The molecule has 1 fully saturated rings. The summed E-state index contributed by atoms with van der Waals surface area (Å²) in [5.74, 6) is -0.592. The molecular weight excluding hydrogens is 361 g/mol. The molecule has 2 rings (SSSR count). The van der Waals surface area contributed by atoms with Crippen LogP contribution in [0.3, 0.4) is 0 Å². The van der Waals surface area contributed by atoms with E-state index in [2.05, 4.69) is 10.2 Å². The standard InChI is InChI=1S/C17H26FN3O4S/c1-2-13-26(23,24)21-11-9-20(10-12-21)8-7-19-17(22)14-25-16-6-4-3-5-15(16)18/h3-6H,2,7-14H2,1H3,(H,19,22). The predicted octanol–water partition coefficient (Wildman–Crippen LogP) is 0.678. The van der Waals surface area contributed by atoms with Gasteiger partial charge in [0.25, 0.3) is 5.91 Å². The Kier molecular flexibility index (Phi) is 7.80. The molecule has 146 valence electrons. The zero-order valence-corrected chi connectivity index (χ0v) is 15.8. The molecule has 1 aromatic rings. The van der Waals surface area contributed by atoms with Gasteiger partial charge in [-0.05, 0) is 18.6 Å². The Morgan fingerprint density at radius 3 is 2.58 bits per heavy atom. The van der Waals surface area contributed by atoms with Gasteiger partial charge in [0.2, 0.25) is 10.0 Å². The molecule has 0 radical (unpaired) electrons. The van der Waals surface area contributed by atoms with E-state index < -0.39 is 15.8 Å². The Morgan fingerprint density at radius 1 is 1.23 bits per heavy atom.